The van der Waals surface area contributed by atoms with E-state index in [4.69, 9.17) is 0 Å². The van der Waals surface area contributed by atoms with Crippen molar-refractivity contribution in [2.24, 2.45) is 17.8 Å². The first-order chi connectivity index (χ1) is 18.8. The van der Waals surface area contributed by atoms with E-state index in [1.807, 2.05) is 0 Å². The number of hydrogen-bond acceptors (Lipinski definition) is 6. The van der Waals surface area contributed by atoms with E-state index in [2.05, 4.69) is 29.0 Å². The number of halogens is 3. The van der Waals surface area contributed by atoms with E-state index < -0.39 is 33.9 Å². The van der Waals surface area contributed by atoms with Crippen molar-refractivity contribution in [3.8, 4) is 0 Å². The highest BCUT2D eigenvalue weighted by Gasteiger charge is 2.42. The van der Waals surface area contributed by atoms with Gasteiger partial charge in [0.2, 0.25) is 0 Å². The molecule has 1 aromatic heterocycles. The highest BCUT2D eigenvalue weighted by atomic mass is 32.2. The molecule has 220 valence electrons. The molecule has 40 heavy (non-hydrogen) atoms. The minimum absolute atomic E-state index is 0.0217. The molecule has 1 amide bonds. The average Bonchev–Trinajstić information content (AvgIpc) is 3.28. The summed E-state index contributed by atoms with van der Waals surface area (Å²) in [6, 6.07) is 7.20. The van der Waals surface area contributed by atoms with Crippen LogP contribution in [-0.4, -0.2) is 54.4 Å². The van der Waals surface area contributed by atoms with Gasteiger partial charge in [-0.05, 0) is 66.8 Å². The number of rotatable bonds is 9. The van der Waals surface area contributed by atoms with E-state index in [9.17, 15) is 31.5 Å². The van der Waals surface area contributed by atoms with Crippen LogP contribution in [0.1, 0.15) is 85.7 Å². The molecular formula is C29H38F3N3O4S. The third kappa shape index (κ3) is 6.69. The number of carbonyl (C=O) groups excluding carboxylic acids is 1. The zero-order valence-electron chi connectivity index (χ0n) is 23.1. The van der Waals surface area contributed by atoms with Gasteiger partial charge >= 0.3 is 6.18 Å². The van der Waals surface area contributed by atoms with Crippen molar-refractivity contribution in [1.29, 1.82) is 0 Å². The first-order valence-electron chi connectivity index (χ1n) is 13.9. The molecule has 1 unspecified atom stereocenters. The van der Waals surface area contributed by atoms with Gasteiger partial charge in [0.1, 0.15) is 0 Å². The normalized spacial score (nSPS) is 22.8. The number of nitrogens with zero attached hydrogens (tertiary/aromatic N) is 2. The molecular weight excluding hydrogens is 543 g/mol. The number of aromatic nitrogens is 1. The Balaban J connectivity index is 1.44. The lowest BCUT2D eigenvalue weighted by Crippen LogP contribution is -2.35. The second kappa shape index (κ2) is 12.2. The first-order valence-corrected chi connectivity index (χ1v) is 15.5. The maximum absolute atomic E-state index is 13.1. The van der Waals surface area contributed by atoms with E-state index in [1.165, 1.54) is 18.3 Å². The summed E-state index contributed by atoms with van der Waals surface area (Å²) in [5.41, 5.74) is 2.73. The lowest BCUT2D eigenvalue weighted by atomic mass is 9.81. The molecule has 7 nitrogen and oxygen atoms in total. The molecule has 2 aliphatic rings. The van der Waals surface area contributed by atoms with Gasteiger partial charge in [0.05, 0.1) is 46.5 Å². The van der Waals surface area contributed by atoms with Gasteiger partial charge in [-0.25, -0.2) is 8.42 Å². The van der Waals surface area contributed by atoms with E-state index in [0.29, 0.717) is 37.1 Å². The number of pyridine rings is 1. The fourth-order valence-electron chi connectivity index (χ4n) is 6.00. The van der Waals surface area contributed by atoms with E-state index in [-0.39, 0.29) is 48.0 Å². The highest BCUT2D eigenvalue weighted by molar-refractivity contribution is 7.91. The molecule has 1 saturated carbocycles. The molecule has 2 atom stereocenters. The maximum Gasteiger partial charge on any atom is 0.391 e. The maximum atomic E-state index is 13.1. The highest BCUT2D eigenvalue weighted by Crippen LogP contribution is 2.43. The van der Waals surface area contributed by atoms with Crippen molar-refractivity contribution in [1.82, 2.24) is 15.2 Å². The molecule has 2 aromatic rings. The molecule has 1 aliphatic heterocycles. The van der Waals surface area contributed by atoms with Gasteiger partial charge in [0.25, 0.3) is 5.91 Å². The number of benzene rings is 1. The Hall–Kier alpha value is -2.50. The van der Waals surface area contributed by atoms with Crippen LogP contribution in [0.15, 0.2) is 41.4 Å². The molecule has 11 heteroatoms. The Labute approximate surface area is 234 Å². The lowest BCUT2D eigenvalue weighted by molar-refractivity contribution is -0.184. The summed E-state index contributed by atoms with van der Waals surface area (Å²) < 4.78 is 63.5. The smallest absolute Gasteiger partial charge is 0.391 e. The van der Waals surface area contributed by atoms with Crippen LogP contribution >= 0.6 is 0 Å². The zero-order valence-corrected chi connectivity index (χ0v) is 23.9. The fraction of sp³-hybridized carbons (Fsp3) is 0.586. The molecule has 4 rings (SSSR count). The van der Waals surface area contributed by atoms with Gasteiger partial charge in [-0.15, -0.1) is 0 Å². The topological polar surface area (TPSA) is 99.6 Å². The summed E-state index contributed by atoms with van der Waals surface area (Å²) in [6.45, 7) is 6.65. The molecule has 2 heterocycles. The van der Waals surface area contributed by atoms with Gasteiger partial charge in [-0.3, -0.25) is 14.7 Å². The molecule has 0 saturated heterocycles. The number of alkyl halides is 3. The van der Waals surface area contributed by atoms with Crippen LogP contribution in [0.2, 0.25) is 0 Å². The van der Waals surface area contributed by atoms with Crippen molar-refractivity contribution in [3.05, 3.63) is 58.9 Å². The predicted molar refractivity (Wildman–Crippen MR) is 145 cm³/mol. The Morgan fingerprint density at radius 2 is 1.80 bits per heavy atom. The average molecular weight is 582 g/mol. The lowest BCUT2D eigenvalue weighted by Gasteiger charge is -2.35. The third-order valence-corrected chi connectivity index (χ3v) is 10.0. The zero-order chi connectivity index (χ0) is 29.2. The Morgan fingerprint density at radius 1 is 1.15 bits per heavy atom. The van der Waals surface area contributed by atoms with Crippen LogP contribution in [-0.2, 0) is 16.4 Å². The summed E-state index contributed by atoms with van der Waals surface area (Å²) >= 11 is 0. The molecule has 1 fully saturated rings. The minimum Gasteiger partial charge on any atom is -0.394 e. The number of fused-ring (bicyclic) bond motifs is 1. The van der Waals surface area contributed by atoms with Crippen LogP contribution in [0.25, 0.3) is 0 Å². The minimum atomic E-state index is -4.12. The number of sulfone groups is 1. The van der Waals surface area contributed by atoms with Crippen LogP contribution in [0, 0.1) is 17.8 Å². The molecule has 1 aromatic carbocycles. The second-order valence-electron chi connectivity index (χ2n) is 11.3. The Morgan fingerprint density at radius 3 is 2.35 bits per heavy atom. The van der Waals surface area contributed by atoms with Gasteiger partial charge in [0.15, 0.2) is 9.84 Å². The van der Waals surface area contributed by atoms with E-state index >= 15 is 0 Å². The van der Waals surface area contributed by atoms with Gasteiger partial charge in [0, 0.05) is 19.3 Å². The number of carbonyl (C=O) groups is 1. The number of hydrogen-bond donors (Lipinski definition) is 2. The third-order valence-electron chi connectivity index (χ3n) is 8.25. The quantitative estimate of drug-likeness (QED) is 0.421. The van der Waals surface area contributed by atoms with Crippen LogP contribution in [0.3, 0.4) is 0 Å². The van der Waals surface area contributed by atoms with Crippen molar-refractivity contribution < 1.29 is 31.5 Å². The molecule has 0 bridgehead atoms. The van der Waals surface area contributed by atoms with Gasteiger partial charge in [-0.2, -0.15) is 13.2 Å². The number of aliphatic hydroxyl groups is 1. The largest absolute Gasteiger partial charge is 0.394 e. The first kappa shape index (κ1) is 30.5. The van der Waals surface area contributed by atoms with Crippen molar-refractivity contribution >= 4 is 15.7 Å². The molecule has 0 spiro atoms. The number of aliphatic hydroxyl groups excluding tert-OH is 1. The van der Waals surface area contributed by atoms with Crippen molar-refractivity contribution in [2.75, 3.05) is 18.9 Å². The SMILES string of the molecule is CCS(=O)(=O)c1ccc([C@@H](CO)NC(=O)c2cnc3c(c2)CN(C[C@H]2CC[C@H](C(F)(F)F)CC2)C3C(C)C)cc1. The summed E-state index contributed by atoms with van der Waals surface area (Å²) in [6.07, 6.45) is -1.15. The van der Waals surface area contributed by atoms with Crippen LogP contribution in [0.4, 0.5) is 13.2 Å². The molecule has 1 aliphatic carbocycles. The summed E-state index contributed by atoms with van der Waals surface area (Å²) in [5, 5.41) is 12.7. The van der Waals surface area contributed by atoms with Crippen molar-refractivity contribution in [2.45, 2.75) is 76.2 Å². The summed E-state index contributed by atoms with van der Waals surface area (Å²) in [7, 11) is -3.36. The van der Waals surface area contributed by atoms with E-state index in [1.54, 1.807) is 25.1 Å². The van der Waals surface area contributed by atoms with Gasteiger partial charge < -0.3 is 10.4 Å². The summed E-state index contributed by atoms with van der Waals surface area (Å²) in [5.74, 6) is -1.21. The van der Waals surface area contributed by atoms with Gasteiger partial charge in [-0.1, -0.05) is 32.9 Å². The fourth-order valence-corrected chi connectivity index (χ4v) is 6.88. The molecule has 0 radical (unpaired) electrons. The van der Waals surface area contributed by atoms with Crippen LogP contribution < -0.4 is 5.32 Å². The second-order valence-corrected chi connectivity index (χ2v) is 13.6. The number of nitrogens with one attached hydrogen (secondary N) is 1. The summed E-state index contributed by atoms with van der Waals surface area (Å²) in [4.78, 5) is 20.2. The standard InChI is InChI=1S/C29H38F3N3O4S/c1-4-40(38,39)24-11-7-20(8-12-24)25(17-36)34-28(37)21-13-22-16-35(27(18(2)3)26(22)33-14-21)15-19-5-9-23(10-6-19)29(30,31)32/h7-8,11-14,18-19,23,25,27,36H,4-6,9-10,15-17H2,1-3H3,(H,34,37)/t19-,23-,25-,27?/m1/s1. The Kier molecular flexibility index (Phi) is 9.26. The Bertz CT molecular complexity index is 1290. The molecule has 2 N–H and O–H groups in total. The van der Waals surface area contributed by atoms with E-state index in [0.717, 1.165) is 11.3 Å². The predicted octanol–water partition coefficient (Wildman–Crippen LogP) is 5.22. The van der Waals surface area contributed by atoms with Crippen molar-refractivity contribution in [3.63, 3.8) is 0 Å². The monoisotopic (exact) mass is 581 g/mol. The van der Waals surface area contributed by atoms with Crippen LogP contribution in [0.5, 0.6) is 0 Å². The number of amides is 1.